The topological polar surface area (TPSA) is 88.5 Å². The van der Waals surface area contributed by atoms with Crippen LogP contribution in [0.5, 0.6) is 46.5 Å². The number of rotatable bonds is 8. The minimum Gasteiger partial charge on any atom is -0.435 e. The SMILES string of the molecule is CC1(C)CC2(CC(C)(C)c3cc(Oc4ccccn4)c(Oc4ccccn4)cc32)c2cc(Oc3ccccn3)c(Oc3ccccn3)cc21. The van der Waals surface area contributed by atoms with Crippen molar-refractivity contribution in [3.8, 4) is 46.5 Å². The van der Waals surface area contributed by atoms with Gasteiger partial charge in [-0.05, 0) is 94.5 Å². The van der Waals surface area contributed by atoms with Crippen LogP contribution in [0.4, 0.5) is 0 Å². The highest BCUT2D eigenvalue weighted by atomic mass is 16.5. The minimum atomic E-state index is -0.352. The van der Waals surface area contributed by atoms with Gasteiger partial charge in [0.25, 0.3) is 0 Å². The molecule has 2 aliphatic rings. The summed E-state index contributed by atoms with van der Waals surface area (Å²) < 4.78 is 25.8. The van der Waals surface area contributed by atoms with Crippen molar-refractivity contribution in [2.24, 2.45) is 0 Å². The van der Waals surface area contributed by atoms with Crippen LogP contribution in [0.25, 0.3) is 0 Å². The van der Waals surface area contributed by atoms with E-state index in [2.05, 4.69) is 71.9 Å². The average molecular weight is 649 g/mol. The van der Waals surface area contributed by atoms with E-state index >= 15 is 0 Å². The van der Waals surface area contributed by atoms with E-state index in [1.807, 2.05) is 72.8 Å². The predicted molar refractivity (Wildman–Crippen MR) is 186 cm³/mol. The number of nitrogens with zero attached hydrogens (tertiary/aromatic N) is 4. The van der Waals surface area contributed by atoms with Gasteiger partial charge in [-0.15, -0.1) is 0 Å². The minimum absolute atomic E-state index is 0.191. The summed E-state index contributed by atoms with van der Waals surface area (Å²) in [7, 11) is 0. The Hall–Kier alpha value is -5.76. The number of ether oxygens (including phenoxy) is 4. The molecule has 2 aromatic carbocycles. The van der Waals surface area contributed by atoms with Gasteiger partial charge < -0.3 is 18.9 Å². The zero-order valence-corrected chi connectivity index (χ0v) is 27.9. The third-order valence-corrected chi connectivity index (χ3v) is 9.55. The second-order valence-corrected chi connectivity index (χ2v) is 14.0. The summed E-state index contributed by atoms with van der Waals surface area (Å²) in [5.74, 6) is 4.26. The van der Waals surface area contributed by atoms with Crippen LogP contribution in [0, 0.1) is 0 Å². The van der Waals surface area contributed by atoms with E-state index in [0.29, 0.717) is 46.5 Å². The van der Waals surface area contributed by atoms with Crippen LogP contribution in [-0.2, 0) is 16.2 Å². The van der Waals surface area contributed by atoms with Crippen LogP contribution in [0.3, 0.4) is 0 Å². The Morgan fingerprint density at radius 2 is 0.694 bits per heavy atom. The van der Waals surface area contributed by atoms with Gasteiger partial charge in [0.15, 0.2) is 23.0 Å². The van der Waals surface area contributed by atoms with Crippen molar-refractivity contribution in [3.05, 3.63) is 144 Å². The van der Waals surface area contributed by atoms with E-state index in [0.717, 1.165) is 12.8 Å². The summed E-state index contributed by atoms with van der Waals surface area (Å²) in [6.07, 6.45) is 8.63. The number of benzene rings is 2. The van der Waals surface area contributed by atoms with Crippen LogP contribution in [0.15, 0.2) is 122 Å². The molecule has 244 valence electrons. The molecule has 4 heterocycles. The fourth-order valence-corrected chi connectivity index (χ4v) is 7.72. The molecule has 8 heteroatoms. The summed E-state index contributed by atoms with van der Waals surface area (Å²) in [6, 6.07) is 31.0. The zero-order chi connectivity index (χ0) is 33.6. The van der Waals surface area contributed by atoms with Gasteiger partial charge in [0.05, 0.1) is 0 Å². The first-order chi connectivity index (χ1) is 23.7. The monoisotopic (exact) mass is 648 g/mol. The summed E-state index contributed by atoms with van der Waals surface area (Å²) >= 11 is 0. The van der Waals surface area contributed by atoms with Crippen molar-refractivity contribution in [2.45, 2.75) is 56.8 Å². The highest BCUT2D eigenvalue weighted by Crippen LogP contribution is 2.65. The fourth-order valence-electron chi connectivity index (χ4n) is 7.72. The van der Waals surface area contributed by atoms with Crippen molar-refractivity contribution in [3.63, 3.8) is 0 Å². The first-order valence-electron chi connectivity index (χ1n) is 16.4. The van der Waals surface area contributed by atoms with Crippen LogP contribution < -0.4 is 18.9 Å². The third-order valence-electron chi connectivity index (χ3n) is 9.55. The van der Waals surface area contributed by atoms with E-state index in [4.69, 9.17) is 18.9 Å². The van der Waals surface area contributed by atoms with E-state index < -0.39 is 0 Å². The number of hydrogen-bond acceptors (Lipinski definition) is 8. The maximum absolute atomic E-state index is 6.48. The normalized spacial score (nSPS) is 16.1. The largest absolute Gasteiger partial charge is 0.435 e. The molecule has 8 nitrogen and oxygen atoms in total. The Labute approximate surface area is 285 Å². The summed E-state index contributed by atoms with van der Waals surface area (Å²) in [5.41, 5.74) is 4.08. The van der Waals surface area contributed by atoms with Gasteiger partial charge in [-0.25, -0.2) is 19.9 Å². The second-order valence-electron chi connectivity index (χ2n) is 14.0. The van der Waals surface area contributed by atoms with E-state index in [1.165, 1.54) is 22.3 Å². The molecule has 0 fully saturated rings. The Bertz CT molecular complexity index is 1970. The first kappa shape index (κ1) is 30.6. The lowest BCUT2D eigenvalue weighted by Crippen LogP contribution is -2.27. The Balaban J connectivity index is 1.31. The molecule has 0 unspecified atom stereocenters. The highest BCUT2D eigenvalue weighted by Gasteiger charge is 2.57. The molecule has 8 rings (SSSR count). The molecule has 0 atom stereocenters. The molecule has 6 aromatic rings. The Kier molecular flexibility index (Phi) is 7.32. The number of pyridine rings is 4. The summed E-state index contributed by atoms with van der Waals surface area (Å²) in [5, 5.41) is 0. The van der Waals surface area contributed by atoms with Gasteiger partial charge in [-0.1, -0.05) is 52.0 Å². The lowest BCUT2D eigenvalue weighted by atomic mass is 9.72. The van der Waals surface area contributed by atoms with Gasteiger partial charge in [-0.3, -0.25) is 0 Å². The van der Waals surface area contributed by atoms with Crippen molar-refractivity contribution < 1.29 is 18.9 Å². The maximum atomic E-state index is 6.48. The van der Waals surface area contributed by atoms with Gasteiger partial charge in [0.1, 0.15) is 0 Å². The molecule has 0 amide bonds. The molecule has 0 saturated heterocycles. The predicted octanol–water partition coefficient (Wildman–Crippen LogP) is 10.1. The van der Waals surface area contributed by atoms with Gasteiger partial charge in [0, 0.05) is 54.5 Å². The van der Waals surface area contributed by atoms with Gasteiger partial charge in [0.2, 0.25) is 23.5 Å². The maximum Gasteiger partial charge on any atom is 0.219 e. The summed E-state index contributed by atoms with van der Waals surface area (Å²) in [4.78, 5) is 17.8. The Morgan fingerprint density at radius 3 is 0.959 bits per heavy atom. The van der Waals surface area contributed by atoms with E-state index in [1.54, 1.807) is 24.8 Å². The average Bonchev–Trinajstić information content (AvgIpc) is 3.45. The van der Waals surface area contributed by atoms with Crippen LogP contribution in [0.2, 0.25) is 0 Å². The van der Waals surface area contributed by atoms with Crippen molar-refractivity contribution in [1.82, 2.24) is 19.9 Å². The molecule has 0 saturated carbocycles. The van der Waals surface area contributed by atoms with E-state index in [-0.39, 0.29) is 16.2 Å². The Morgan fingerprint density at radius 1 is 0.408 bits per heavy atom. The van der Waals surface area contributed by atoms with E-state index in [9.17, 15) is 0 Å². The van der Waals surface area contributed by atoms with Crippen molar-refractivity contribution >= 4 is 0 Å². The molecular formula is C41H36N4O4. The van der Waals surface area contributed by atoms with Crippen molar-refractivity contribution in [1.29, 1.82) is 0 Å². The molecule has 0 aliphatic heterocycles. The smallest absolute Gasteiger partial charge is 0.219 e. The molecule has 0 radical (unpaired) electrons. The van der Waals surface area contributed by atoms with Crippen LogP contribution >= 0.6 is 0 Å². The molecule has 0 bridgehead atoms. The number of aromatic nitrogens is 4. The number of hydrogen-bond donors (Lipinski definition) is 0. The zero-order valence-electron chi connectivity index (χ0n) is 27.9. The first-order valence-corrected chi connectivity index (χ1v) is 16.4. The fraction of sp³-hybridized carbons (Fsp3) is 0.220. The quantitative estimate of drug-likeness (QED) is 0.161. The van der Waals surface area contributed by atoms with Crippen LogP contribution in [0.1, 0.15) is 62.8 Å². The van der Waals surface area contributed by atoms with Gasteiger partial charge in [-0.2, -0.15) is 0 Å². The molecule has 2 aliphatic carbocycles. The third kappa shape index (κ3) is 5.63. The highest BCUT2D eigenvalue weighted by molar-refractivity contribution is 5.66. The molecule has 1 spiro atoms. The molecule has 49 heavy (non-hydrogen) atoms. The van der Waals surface area contributed by atoms with Crippen molar-refractivity contribution in [2.75, 3.05) is 0 Å². The lowest BCUT2D eigenvalue weighted by Gasteiger charge is -2.31. The molecular weight excluding hydrogens is 612 g/mol. The number of fused-ring (bicyclic) bond motifs is 4. The van der Waals surface area contributed by atoms with Crippen LogP contribution in [-0.4, -0.2) is 19.9 Å². The lowest BCUT2D eigenvalue weighted by molar-refractivity contribution is 0.349. The molecule has 4 aromatic heterocycles. The standard InChI is InChI=1S/C41H36N4O4/c1-39(2)25-41(29-23-33(48-37-15-7-11-19-44-37)31(21-27(29)39)46-35-13-5-9-17-42-35)26-40(3,4)28-22-32(47-36-14-6-10-18-43-36)34(24-30(28)41)49-38-16-8-12-20-45-38/h5-24H,25-26H2,1-4H3. The second kappa shape index (κ2) is 11.7. The molecule has 0 N–H and O–H groups in total. The van der Waals surface area contributed by atoms with Gasteiger partial charge >= 0.3 is 0 Å². The summed E-state index contributed by atoms with van der Waals surface area (Å²) in [6.45, 7) is 9.22.